The zero-order valence-corrected chi connectivity index (χ0v) is 6.64. The summed E-state index contributed by atoms with van der Waals surface area (Å²) in [7, 11) is 0. The van der Waals surface area contributed by atoms with Crippen molar-refractivity contribution in [3.8, 4) is 5.75 Å². The Morgan fingerprint density at radius 2 is 2.23 bits per heavy atom. The molecule has 68 valence electrons. The Hall–Kier alpha value is -2.04. The minimum absolute atomic E-state index is 0.0563. The van der Waals surface area contributed by atoms with Gasteiger partial charge in [-0.25, -0.2) is 4.79 Å². The molecule has 0 aromatic heterocycles. The summed E-state index contributed by atoms with van der Waals surface area (Å²) in [6.45, 7) is 0. The number of rotatable bonds is 2. The predicted molar refractivity (Wildman–Crippen MR) is 46.8 cm³/mol. The van der Waals surface area contributed by atoms with Crippen LogP contribution in [-0.4, -0.2) is 22.4 Å². The zero-order valence-electron chi connectivity index (χ0n) is 6.64. The molecule has 1 rings (SSSR count). The summed E-state index contributed by atoms with van der Waals surface area (Å²) in [4.78, 5) is 10.5. The fraction of sp³-hybridized carbons (Fsp3) is 0. The monoisotopic (exact) mass is 180 g/mol. The van der Waals surface area contributed by atoms with Crippen molar-refractivity contribution in [2.45, 2.75) is 0 Å². The van der Waals surface area contributed by atoms with E-state index in [1.165, 1.54) is 24.4 Å². The van der Waals surface area contributed by atoms with Crippen molar-refractivity contribution in [3.05, 3.63) is 29.3 Å². The van der Waals surface area contributed by atoms with Crippen molar-refractivity contribution in [3.63, 3.8) is 0 Å². The number of hydrogen-bond acceptors (Lipinski definition) is 4. The van der Waals surface area contributed by atoms with Gasteiger partial charge in [-0.1, -0.05) is 0 Å². The van der Waals surface area contributed by atoms with E-state index in [0.29, 0.717) is 0 Å². The van der Waals surface area contributed by atoms with E-state index in [4.69, 9.17) is 10.9 Å². The first-order chi connectivity index (χ1) is 6.15. The number of aromatic hydroxyl groups is 1. The van der Waals surface area contributed by atoms with Crippen LogP contribution in [0.5, 0.6) is 5.75 Å². The van der Waals surface area contributed by atoms with Crippen LogP contribution in [0.3, 0.4) is 0 Å². The minimum Gasteiger partial charge on any atom is -0.507 e. The molecule has 1 aromatic carbocycles. The lowest BCUT2D eigenvalue weighted by Crippen LogP contribution is -1.97. The average Bonchev–Trinajstić information content (AvgIpc) is 2.08. The Morgan fingerprint density at radius 3 is 2.77 bits per heavy atom. The Morgan fingerprint density at radius 1 is 1.54 bits per heavy atom. The van der Waals surface area contributed by atoms with Crippen molar-refractivity contribution >= 4 is 12.2 Å². The molecule has 0 unspecified atom stereocenters. The second-order valence-corrected chi connectivity index (χ2v) is 2.36. The third-order valence-corrected chi connectivity index (χ3v) is 1.49. The summed E-state index contributed by atoms with van der Waals surface area (Å²) in [5, 5.41) is 21.0. The van der Waals surface area contributed by atoms with Crippen LogP contribution in [0.15, 0.2) is 23.3 Å². The first-order valence-corrected chi connectivity index (χ1v) is 3.44. The van der Waals surface area contributed by atoms with Gasteiger partial charge in [-0.2, -0.15) is 5.10 Å². The molecule has 0 aliphatic rings. The number of hydrogen-bond donors (Lipinski definition) is 3. The van der Waals surface area contributed by atoms with Gasteiger partial charge in [-0.05, 0) is 18.2 Å². The highest BCUT2D eigenvalue weighted by Gasteiger charge is 2.05. The summed E-state index contributed by atoms with van der Waals surface area (Å²) in [5.41, 5.74) is 0.357. The number of carbonyl (C=O) groups is 1. The number of benzene rings is 1. The molecule has 1 aromatic rings. The van der Waals surface area contributed by atoms with E-state index < -0.39 is 5.97 Å². The molecule has 13 heavy (non-hydrogen) atoms. The second kappa shape index (κ2) is 3.57. The molecule has 0 saturated carbocycles. The lowest BCUT2D eigenvalue weighted by atomic mass is 10.1. The van der Waals surface area contributed by atoms with E-state index >= 15 is 0 Å². The van der Waals surface area contributed by atoms with Crippen LogP contribution in [0.1, 0.15) is 15.9 Å². The van der Waals surface area contributed by atoms with Gasteiger partial charge >= 0.3 is 5.97 Å². The van der Waals surface area contributed by atoms with Gasteiger partial charge < -0.3 is 16.1 Å². The van der Waals surface area contributed by atoms with Crippen LogP contribution in [-0.2, 0) is 0 Å². The molecular formula is C8H8N2O3. The second-order valence-electron chi connectivity index (χ2n) is 2.36. The smallest absolute Gasteiger partial charge is 0.335 e. The maximum atomic E-state index is 10.5. The van der Waals surface area contributed by atoms with Crippen molar-refractivity contribution in [1.29, 1.82) is 0 Å². The van der Waals surface area contributed by atoms with Crippen LogP contribution in [0, 0.1) is 0 Å². The number of carboxylic acid groups (broad SMARTS) is 1. The molecule has 0 radical (unpaired) electrons. The number of nitrogens with two attached hydrogens (primary N) is 1. The first-order valence-electron chi connectivity index (χ1n) is 3.44. The lowest BCUT2D eigenvalue weighted by Gasteiger charge is -1.99. The van der Waals surface area contributed by atoms with Gasteiger partial charge in [0.25, 0.3) is 0 Å². The molecule has 0 amide bonds. The van der Waals surface area contributed by atoms with Crippen molar-refractivity contribution in [1.82, 2.24) is 0 Å². The number of phenols is 1. The van der Waals surface area contributed by atoms with E-state index in [-0.39, 0.29) is 16.9 Å². The Balaban J connectivity index is 3.18. The molecule has 0 saturated heterocycles. The maximum absolute atomic E-state index is 10.5. The van der Waals surface area contributed by atoms with E-state index in [1.807, 2.05) is 0 Å². The quantitative estimate of drug-likeness (QED) is 0.348. The summed E-state index contributed by atoms with van der Waals surface area (Å²) >= 11 is 0. The predicted octanol–water partition coefficient (Wildman–Crippen LogP) is 0.383. The number of aromatic carboxylic acids is 1. The minimum atomic E-state index is -1.06. The third kappa shape index (κ3) is 1.96. The standard InChI is InChI=1S/C8H8N2O3/c9-10-4-6-3-5(8(12)13)1-2-7(6)11/h1-4,11H,9H2,(H,12,13). The molecule has 0 bridgehead atoms. The maximum Gasteiger partial charge on any atom is 0.335 e. The van der Waals surface area contributed by atoms with Crippen molar-refractivity contribution in [2.24, 2.45) is 10.9 Å². The van der Waals surface area contributed by atoms with E-state index in [1.54, 1.807) is 0 Å². The number of phenolic OH excluding ortho intramolecular Hbond substituents is 1. The summed E-state index contributed by atoms with van der Waals surface area (Å²) in [6, 6.07) is 3.86. The van der Waals surface area contributed by atoms with Crippen LogP contribution in [0.25, 0.3) is 0 Å². The van der Waals surface area contributed by atoms with E-state index in [0.717, 1.165) is 0 Å². The van der Waals surface area contributed by atoms with Crippen LogP contribution in [0.2, 0.25) is 0 Å². The Kier molecular flexibility index (Phi) is 2.49. The summed E-state index contributed by atoms with van der Waals surface area (Å²) in [6.07, 6.45) is 1.18. The van der Waals surface area contributed by atoms with Gasteiger partial charge in [0.15, 0.2) is 0 Å². The summed E-state index contributed by atoms with van der Waals surface area (Å²) < 4.78 is 0. The highest BCUT2D eigenvalue weighted by atomic mass is 16.4. The molecule has 5 heteroatoms. The van der Waals surface area contributed by atoms with Gasteiger partial charge in [-0.3, -0.25) is 0 Å². The normalized spacial score (nSPS) is 10.5. The molecule has 4 N–H and O–H groups in total. The first kappa shape index (κ1) is 9.05. The fourth-order valence-corrected chi connectivity index (χ4v) is 0.871. The van der Waals surface area contributed by atoms with Gasteiger partial charge in [0.2, 0.25) is 0 Å². The van der Waals surface area contributed by atoms with Gasteiger partial charge in [-0.15, -0.1) is 0 Å². The third-order valence-electron chi connectivity index (χ3n) is 1.49. The molecule has 0 spiro atoms. The van der Waals surface area contributed by atoms with Crippen LogP contribution < -0.4 is 5.84 Å². The van der Waals surface area contributed by atoms with E-state index in [2.05, 4.69) is 5.10 Å². The lowest BCUT2D eigenvalue weighted by molar-refractivity contribution is 0.0697. The van der Waals surface area contributed by atoms with Gasteiger partial charge in [0.05, 0.1) is 11.8 Å². The van der Waals surface area contributed by atoms with Crippen LogP contribution >= 0.6 is 0 Å². The Labute approximate surface area is 74.1 Å². The zero-order chi connectivity index (χ0) is 9.84. The highest BCUT2D eigenvalue weighted by molar-refractivity contribution is 5.92. The molecule has 0 fully saturated rings. The molecule has 0 aliphatic heterocycles. The molecule has 5 nitrogen and oxygen atoms in total. The number of hydrazone groups is 1. The fourth-order valence-electron chi connectivity index (χ4n) is 0.871. The van der Waals surface area contributed by atoms with Gasteiger partial charge in [0.1, 0.15) is 5.75 Å². The van der Waals surface area contributed by atoms with Crippen molar-refractivity contribution in [2.75, 3.05) is 0 Å². The van der Waals surface area contributed by atoms with Crippen LogP contribution in [0.4, 0.5) is 0 Å². The SMILES string of the molecule is NN=Cc1cc(C(=O)O)ccc1O. The molecule has 0 aliphatic carbocycles. The van der Waals surface area contributed by atoms with Gasteiger partial charge in [0, 0.05) is 5.56 Å². The molecule has 0 atom stereocenters. The average molecular weight is 180 g/mol. The van der Waals surface area contributed by atoms with Crippen molar-refractivity contribution < 1.29 is 15.0 Å². The topological polar surface area (TPSA) is 95.9 Å². The summed E-state index contributed by atoms with van der Waals surface area (Å²) in [5.74, 6) is 3.75. The number of nitrogens with zero attached hydrogens (tertiary/aromatic N) is 1. The largest absolute Gasteiger partial charge is 0.507 e. The highest BCUT2D eigenvalue weighted by Crippen LogP contribution is 2.16. The molecular weight excluding hydrogens is 172 g/mol. The molecule has 0 heterocycles. The number of carboxylic acids is 1. The Bertz CT molecular complexity index is 360. The van der Waals surface area contributed by atoms with E-state index in [9.17, 15) is 9.90 Å².